The van der Waals surface area contributed by atoms with Gasteiger partial charge in [-0.05, 0) is 36.8 Å². The number of rotatable bonds is 4. The van der Waals surface area contributed by atoms with Gasteiger partial charge in [0.15, 0.2) is 0 Å². The lowest BCUT2D eigenvalue weighted by Gasteiger charge is -2.14. The number of benzene rings is 2. The molecule has 2 rings (SSSR count). The van der Waals surface area contributed by atoms with Crippen molar-refractivity contribution in [3.05, 3.63) is 63.1 Å². The number of halogens is 2. The summed E-state index contributed by atoms with van der Waals surface area (Å²) in [7, 11) is 0. The highest BCUT2D eigenvalue weighted by atomic mass is 79.9. The molecule has 0 spiro atoms. The first kappa shape index (κ1) is 14.4. The Hall–Kier alpha value is -1.03. The number of aliphatic hydroxyl groups is 1. The van der Waals surface area contributed by atoms with E-state index in [2.05, 4.69) is 15.9 Å². The molecule has 0 bridgehead atoms. The van der Waals surface area contributed by atoms with Gasteiger partial charge in [0, 0.05) is 15.1 Å². The van der Waals surface area contributed by atoms with Gasteiger partial charge < -0.3 is 9.84 Å². The highest BCUT2D eigenvalue weighted by Gasteiger charge is 2.09. The van der Waals surface area contributed by atoms with Crippen molar-refractivity contribution in [3.63, 3.8) is 0 Å². The van der Waals surface area contributed by atoms with Crippen LogP contribution in [0.2, 0.25) is 5.02 Å². The zero-order valence-electron chi connectivity index (χ0n) is 10.4. The molecular weight excluding hydrogens is 328 g/mol. The van der Waals surface area contributed by atoms with Crippen LogP contribution in [-0.4, -0.2) is 5.11 Å². The minimum Gasteiger partial charge on any atom is -0.488 e. The van der Waals surface area contributed by atoms with E-state index in [0.29, 0.717) is 17.4 Å². The van der Waals surface area contributed by atoms with Gasteiger partial charge in [0.1, 0.15) is 12.4 Å². The molecule has 4 heteroatoms. The van der Waals surface area contributed by atoms with Gasteiger partial charge in [-0.15, -0.1) is 0 Å². The third-order valence-electron chi connectivity index (χ3n) is 2.73. The topological polar surface area (TPSA) is 29.5 Å². The van der Waals surface area contributed by atoms with E-state index in [4.69, 9.17) is 16.3 Å². The van der Waals surface area contributed by atoms with Crippen molar-refractivity contribution in [1.82, 2.24) is 0 Å². The second-order valence-electron chi connectivity index (χ2n) is 4.27. The summed E-state index contributed by atoms with van der Waals surface area (Å²) in [6.45, 7) is 2.16. The summed E-state index contributed by atoms with van der Waals surface area (Å²) in [5.74, 6) is 0.680. The Bertz CT molecular complexity index is 553. The number of aliphatic hydroxyl groups excluding tert-OH is 1. The fraction of sp³-hybridized carbons (Fsp3) is 0.200. The van der Waals surface area contributed by atoms with Gasteiger partial charge >= 0.3 is 0 Å². The first-order chi connectivity index (χ1) is 9.06. The van der Waals surface area contributed by atoms with Crippen LogP contribution >= 0.6 is 27.5 Å². The molecule has 0 amide bonds. The molecular formula is C15H14BrClO2. The lowest BCUT2D eigenvalue weighted by atomic mass is 10.1. The van der Waals surface area contributed by atoms with Crippen molar-refractivity contribution < 1.29 is 9.84 Å². The first-order valence-electron chi connectivity index (χ1n) is 5.91. The number of hydrogen-bond donors (Lipinski definition) is 1. The molecule has 2 aromatic carbocycles. The van der Waals surface area contributed by atoms with E-state index in [-0.39, 0.29) is 0 Å². The van der Waals surface area contributed by atoms with E-state index >= 15 is 0 Å². The van der Waals surface area contributed by atoms with E-state index in [9.17, 15) is 5.11 Å². The molecule has 0 saturated carbocycles. The molecule has 2 aromatic rings. The zero-order chi connectivity index (χ0) is 13.8. The predicted molar refractivity (Wildman–Crippen MR) is 80.6 cm³/mol. The third kappa shape index (κ3) is 3.96. The molecule has 0 saturated heterocycles. The van der Waals surface area contributed by atoms with E-state index < -0.39 is 6.10 Å². The van der Waals surface area contributed by atoms with Crippen molar-refractivity contribution >= 4 is 27.5 Å². The second kappa shape index (κ2) is 6.42. The van der Waals surface area contributed by atoms with Crippen LogP contribution in [0.3, 0.4) is 0 Å². The standard InChI is InChI=1S/C15H14BrClO2/c1-10(18)14-7-4-12(16)8-15(14)19-9-11-2-5-13(17)6-3-11/h2-8,10,18H,9H2,1H3. The number of hydrogen-bond acceptors (Lipinski definition) is 2. The highest BCUT2D eigenvalue weighted by molar-refractivity contribution is 9.10. The Balaban J connectivity index is 2.14. The van der Waals surface area contributed by atoms with Gasteiger partial charge in [-0.25, -0.2) is 0 Å². The van der Waals surface area contributed by atoms with Crippen LogP contribution in [0.25, 0.3) is 0 Å². The average molecular weight is 342 g/mol. The maximum Gasteiger partial charge on any atom is 0.126 e. The Morgan fingerprint density at radius 2 is 1.89 bits per heavy atom. The Labute approximate surface area is 126 Å². The molecule has 1 unspecified atom stereocenters. The highest BCUT2D eigenvalue weighted by Crippen LogP contribution is 2.29. The number of ether oxygens (including phenoxy) is 1. The van der Waals surface area contributed by atoms with Gasteiger partial charge in [-0.3, -0.25) is 0 Å². The van der Waals surface area contributed by atoms with Crippen molar-refractivity contribution in [2.45, 2.75) is 19.6 Å². The molecule has 0 heterocycles. The Morgan fingerprint density at radius 3 is 2.53 bits per heavy atom. The van der Waals surface area contributed by atoms with Gasteiger partial charge in [-0.2, -0.15) is 0 Å². The molecule has 0 fully saturated rings. The summed E-state index contributed by atoms with van der Waals surface area (Å²) >= 11 is 9.24. The van der Waals surface area contributed by atoms with Crippen molar-refractivity contribution in [1.29, 1.82) is 0 Å². The SMILES string of the molecule is CC(O)c1ccc(Br)cc1OCc1ccc(Cl)cc1. The summed E-state index contributed by atoms with van der Waals surface area (Å²) in [5, 5.41) is 10.4. The fourth-order valence-corrected chi connectivity index (χ4v) is 2.19. The summed E-state index contributed by atoms with van der Waals surface area (Å²) in [6.07, 6.45) is -0.562. The van der Waals surface area contributed by atoms with E-state index in [1.54, 1.807) is 6.92 Å². The maximum absolute atomic E-state index is 9.72. The largest absolute Gasteiger partial charge is 0.488 e. The normalized spacial score (nSPS) is 12.2. The van der Waals surface area contributed by atoms with E-state index in [0.717, 1.165) is 15.6 Å². The Kier molecular flexibility index (Phi) is 4.86. The molecule has 1 N–H and O–H groups in total. The quantitative estimate of drug-likeness (QED) is 0.870. The minimum atomic E-state index is -0.562. The molecule has 2 nitrogen and oxygen atoms in total. The summed E-state index contributed by atoms with van der Waals surface area (Å²) < 4.78 is 6.69. The molecule has 0 radical (unpaired) electrons. The first-order valence-corrected chi connectivity index (χ1v) is 7.08. The van der Waals surface area contributed by atoms with Crippen molar-refractivity contribution in [2.75, 3.05) is 0 Å². The van der Waals surface area contributed by atoms with Crippen molar-refractivity contribution in [2.24, 2.45) is 0 Å². The van der Waals surface area contributed by atoms with Crippen LogP contribution in [0.5, 0.6) is 5.75 Å². The summed E-state index contributed by atoms with van der Waals surface area (Å²) in [6, 6.07) is 13.1. The van der Waals surface area contributed by atoms with Crippen molar-refractivity contribution in [3.8, 4) is 5.75 Å². The predicted octanol–water partition coefficient (Wildman–Crippen LogP) is 4.73. The average Bonchev–Trinajstić information content (AvgIpc) is 2.38. The van der Waals surface area contributed by atoms with Gasteiger partial charge in [0.2, 0.25) is 0 Å². The lowest BCUT2D eigenvalue weighted by Crippen LogP contribution is -2.01. The van der Waals surface area contributed by atoms with Crippen LogP contribution in [-0.2, 0) is 6.61 Å². The van der Waals surface area contributed by atoms with E-state index in [1.807, 2.05) is 42.5 Å². The van der Waals surface area contributed by atoms with Crippen LogP contribution in [0.4, 0.5) is 0 Å². The molecule has 0 aliphatic carbocycles. The van der Waals surface area contributed by atoms with E-state index in [1.165, 1.54) is 0 Å². The monoisotopic (exact) mass is 340 g/mol. The molecule has 0 aliphatic rings. The minimum absolute atomic E-state index is 0.438. The summed E-state index contributed by atoms with van der Waals surface area (Å²) in [5.41, 5.74) is 1.80. The van der Waals surface area contributed by atoms with Gasteiger partial charge in [-0.1, -0.05) is 45.7 Å². The Morgan fingerprint density at radius 1 is 1.21 bits per heavy atom. The van der Waals surface area contributed by atoms with Crippen LogP contribution in [0.15, 0.2) is 46.9 Å². The molecule has 0 aromatic heterocycles. The van der Waals surface area contributed by atoms with Crippen LogP contribution < -0.4 is 4.74 Å². The van der Waals surface area contributed by atoms with Crippen LogP contribution in [0.1, 0.15) is 24.2 Å². The molecule has 1 atom stereocenters. The molecule has 19 heavy (non-hydrogen) atoms. The fourth-order valence-electron chi connectivity index (χ4n) is 1.72. The maximum atomic E-state index is 9.72. The zero-order valence-corrected chi connectivity index (χ0v) is 12.8. The summed E-state index contributed by atoms with van der Waals surface area (Å²) in [4.78, 5) is 0. The van der Waals surface area contributed by atoms with Gasteiger partial charge in [0.25, 0.3) is 0 Å². The van der Waals surface area contributed by atoms with Gasteiger partial charge in [0.05, 0.1) is 6.10 Å². The van der Waals surface area contributed by atoms with Crippen LogP contribution in [0, 0.1) is 0 Å². The lowest BCUT2D eigenvalue weighted by molar-refractivity contribution is 0.190. The molecule has 0 aliphatic heterocycles. The smallest absolute Gasteiger partial charge is 0.126 e. The third-order valence-corrected chi connectivity index (χ3v) is 3.48. The molecule has 100 valence electrons. The second-order valence-corrected chi connectivity index (χ2v) is 5.63.